The number of amides is 1. The smallest absolute Gasteiger partial charge is 0.410 e. The highest BCUT2D eigenvalue weighted by atomic mass is 16.6. The normalized spacial score (nSPS) is 15.8. The summed E-state index contributed by atoms with van der Waals surface area (Å²) in [5, 5.41) is 0. The van der Waals surface area contributed by atoms with Crippen molar-refractivity contribution in [2.75, 3.05) is 7.05 Å². The largest absolute Gasteiger partial charge is 0.446 e. The molecule has 2 rings (SSSR count). The Morgan fingerprint density at radius 2 is 2.24 bits per heavy atom. The maximum Gasteiger partial charge on any atom is 0.410 e. The first kappa shape index (κ1) is 11.9. The summed E-state index contributed by atoms with van der Waals surface area (Å²) in [6.07, 6.45) is 5.94. The molecule has 0 radical (unpaired) electrons. The van der Waals surface area contributed by atoms with Gasteiger partial charge in [0, 0.05) is 13.2 Å². The second-order valence-electron chi connectivity index (χ2n) is 4.47. The molecule has 4 heteroatoms. The molecular weight excluding hydrogens is 216 g/mol. The topological polar surface area (TPSA) is 42.4 Å². The highest BCUT2D eigenvalue weighted by molar-refractivity contribution is 5.67. The predicted molar refractivity (Wildman–Crippen MR) is 64.4 cm³/mol. The number of hydrogen-bond acceptors (Lipinski definition) is 3. The molecule has 0 bridgehead atoms. The summed E-state index contributed by atoms with van der Waals surface area (Å²) >= 11 is 0. The Balaban J connectivity index is 1.82. The van der Waals surface area contributed by atoms with Crippen molar-refractivity contribution in [1.29, 1.82) is 0 Å². The molecule has 1 saturated carbocycles. The van der Waals surface area contributed by atoms with Gasteiger partial charge in [0.15, 0.2) is 0 Å². The monoisotopic (exact) mass is 234 g/mol. The highest BCUT2D eigenvalue weighted by Crippen LogP contribution is 2.21. The molecule has 1 heterocycles. The van der Waals surface area contributed by atoms with E-state index in [1.54, 1.807) is 18.1 Å². The molecule has 0 unspecified atom stereocenters. The maximum absolute atomic E-state index is 11.8. The Labute approximate surface area is 102 Å². The van der Waals surface area contributed by atoms with Crippen molar-refractivity contribution in [3.63, 3.8) is 0 Å². The molecule has 1 amide bonds. The molecule has 0 aromatic carbocycles. The van der Waals surface area contributed by atoms with Crippen molar-refractivity contribution in [1.82, 2.24) is 9.88 Å². The van der Waals surface area contributed by atoms with E-state index in [2.05, 4.69) is 4.98 Å². The van der Waals surface area contributed by atoms with Gasteiger partial charge < -0.3 is 9.64 Å². The SMILES string of the molecule is CN(Cc1ccccn1)C(=O)OC1CCCC1. The molecule has 1 aliphatic rings. The third-order valence-electron chi connectivity index (χ3n) is 3.01. The lowest BCUT2D eigenvalue weighted by Gasteiger charge is -2.19. The summed E-state index contributed by atoms with van der Waals surface area (Å²) in [6, 6.07) is 5.68. The summed E-state index contributed by atoms with van der Waals surface area (Å²) in [5.74, 6) is 0. The summed E-state index contributed by atoms with van der Waals surface area (Å²) in [6.45, 7) is 0.492. The zero-order valence-corrected chi connectivity index (χ0v) is 10.1. The van der Waals surface area contributed by atoms with E-state index in [0.29, 0.717) is 6.54 Å². The third-order valence-corrected chi connectivity index (χ3v) is 3.01. The lowest BCUT2D eigenvalue weighted by Crippen LogP contribution is -2.30. The first-order chi connectivity index (χ1) is 8.25. The first-order valence-electron chi connectivity index (χ1n) is 6.07. The Morgan fingerprint density at radius 1 is 1.47 bits per heavy atom. The molecule has 1 aliphatic carbocycles. The van der Waals surface area contributed by atoms with Gasteiger partial charge in [0.25, 0.3) is 0 Å². The van der Waals surface area contributed by atoms with Gasteiger partial charge >= 0.3 is 6.09 Å². The Hall–Kier alpha value is -1.58. The number of ether oxygens (including phenoxy) is 1. The molecule has 1 aromatic heterocycles. The zero-order chi connectivity index (χ0) is 12.1. The number of rotatable bonds is 3. The van der Waals surface area contributed by atoms with Gasteiger partial charge in [-0.2, -0.15) is 0 Å². The Morgan fingerprint density at radius 3 is 2.88 bits per heavy atom. The lowest BCUT2D eigenvalue weighted by molar-refractivity contribution is 0.0700. The van der Waals surface area contributed by atoms with E-state index in [-0.39, 0.29) is 12.2 Å². The third kappa shape index (κ3) is 3.44. The molecule has 0 saturated heterocycles. The van der Waals surface area contributed by atoms with Crippen molar-refractivity contribution in [3.05, 3.63) is 30.1 Å². The standard InChI is InChI=1S/C13H18N2O2/c1-15(10-11-6-4-5-9-14-11)13(16)17-12-7-2-3-8-12/h4-6,9,12H,2-3,7-8,10H2,1H3. The number of hydrogen-bond donors (Lipinski definition) is 0. The van der Waals surface area contributed by atoms with Crippen LogP contribution in [0.15, 0.2) is 24.4 Å². The lowest BCUT2D eigenvalue weighted by atomic mass is 10.3. The van der Waals surface area contributed by atoms with E-state index < -0.39 is 0 Å². The Kier molecular flexibility index (Phi) is 3.96. The van der Waals surface area contributed by atoms with Gasteiger partial charge in [-0.25, -0.2) is 4.79 Å². The maximum atomic E-state index is 11.8. The highest BCUT2D eigenvalue weighted by Gasteiger charge is 2.21. The minimum atomic E-state index is -0.248. The van der Waals surface area contributed by atoms with E-state index in [1.165, 1.54) is 12.8 Å². The van der Waals surface area contributed by atoms with Gasteiger partial charge in [-0.15, -0.1) is 0 Å². The van der Waals surface area contributed by atoms with Crippen molar-refractivity contribution < 1.29 is 9.53 Å². The summed E-state index contributed by atoms with van der Waals surface area (Å²) in [4.78, 5) is 17.5. The molecular formula is C13H18N2O2. The van der Waals surface area contributed by atoms with Crippen LogP contribution in [0.4, 0.5) is 4.79 Å². The average Bonchev–Trinajstić information content (AvgIpc) is 2.83. The van der Waals surface area contributed by atoms with E-state index >= 15 is 0 Å². The van der Waals surface area contributed by atoms with Crippen LogP contribution in [0.5, 0.6) is 0 Å². The number of carbonyl (C=O) groups is 1. The van der Waals surface area contributed by atoms with Crippen LogP contribution < -0.4 is 0 Å². The fourth-order valence-electron chi connectivity index (χ4n) is 2.04. The molecule has 1 aromatic rings. The average molecular weight is 234 g/mol. The van der Waals surface area contributed by atoms with Gasteiger partial charge in [0.1, 0.15) is 6.10 Å². The van der Waals surface area contributed by atoms with Crippen LogP contribution in [-0.2, 0) is 11.3 Å². The summed E-state index contributed by atoms with van der Waals surface area (Å²) in [7, 11) is 1.74. The number of nitrogens with zero attached hydrogens (tertiary/aromatic N) is 2. The second-order valence-corrected chi connectivity index (χ2v) is 4.47. The number of aromatic nitrogens is 1. The van der Waals surface area contributed by atoms with E-state index in [4.69, 9.17) is 4.74 Å². The van der Waals surface area contributed by atoms with Gasteiger partial charge in [-0.05, 0) is 37.8 Å². The van der Waals surface area contributed by atoms with Crippen LogP contribution in [0.3, 0.4) is 0 Å². The van der Waals surface area contributed by atoms with Crippen LogP contribution in [0.25, 0.3) is 0 Å². The minimum Gasteiger partial charge on any atom is -0.446 e. The molecule has 1 fully saturated rings. The van der Waals surface area contributed by atoms with Gasteiger partial charge in [0.2, 0.25) is 0 Å². The fraction of sp³-hybridized carbons (Fsp3) is 0.538. The van der Waals surface area contributed by atoms with E-state index in [1.807, 2.05) is 18.2 Å². The number of carbonyl (C=O) groups excluding carboxylic acids is 1. The van der Waals surface area contributed by atoms with Crippen LogP contribution in [0.2, 0.25) is 0 Å². The van der Waals surface area contributed by atoms with E-state index in [0.717, 1.165) is 18.5 Å². The van der Waals surface area contributed by atoms with Crippen molar-refractivity contribution >= 4 is 6.09 Å². The van der Waals surface area contributed by atoms with Gasteiger partial charge in [-0.1, -0.05) is 6.07 Å². The summed E-state index contributed by atoms with van der Waals surface area (Å²) < 4.78 is 5.40. The Bertz CT molecular complexity index is 361. The van der Waals surface area contributed by atoms with Crippen LogP contribution in [-0.4, -0.2) is 29.1 Å². The molecule has 17 heavy (non-hydrogen) atoms. The van der Waals surface area contributed by atoms with Gasteiger partial charge in [0.05, 0.1) is 12.2 Å². The van der Waals surface area contributed by atoms with Crippen LogP contribution in [0, 0.1) is 0 Å². The van der Waals surface area contributed by atoms with Crippen LogP contribution >= 0.6 is 0 Å². The second kappa shape index (κ2) is 5.66. The molecule has 92 valence electrons. The predicted octanol–water partition coefficient (Wildman–Crippen LogP) is 2.59. The van der Waals surface area contributed by atoms with Crippen LogP contribution in [0.1, 0.15) is 31.4 Å². The molecule has 0 atom stereocenters. The van der Waals surface area contributed by atoms with Crippen molar-refractivity contribution in [2.45, 2.75) is 38.3 Å². The van der Waals surface area contributed by atoms with Crippen molar-refractivity contribution in [2.24, 2.45) is 0 Å². The molecule has 0 N–H and O–H groups in total. The molecule has 0 spiro atoms. The first-order valence-corrected chi connectivity index (χ1v) is 6.07. The van der Waals surface area contributed by atoms with E-state index in [9.17, 15) is 4.79 Å². The zero-order valence-electron chi connectivity index (χ0n) is 10.1. The fourth-order valence-corrected chi connectivity index (χ4v) is 2.04. The summed E-state index contributed by atoms with van der Waals surface area (Å²) in [5.41, 5.74) is 0.873. The molecule has 0 aliphatic heterocycles. The quantitative estimate of drug-likeness (QED) is 0.807. The number of pyridine rings is 1. The molecule has 4 nitrogen and oxygen atoms in total. The van der Waals surface area contributed by atoms with Crippen molar-refractivity contribution in [3.8, 4) is 0 Å². The van der Waals surface area contributed by atoms with Gasteiger partial charge in [-0.3, -0.25) is 4.98 Å². The minimum absolute atomic E-state index is 0.119.